The minimum absolute atomic E-state index is 0.161. The lowest BCUT2D eigenvalue weighted by molar-refractivity contribution is -0.146. The Hall–Kier alpha value is -1.68. The molecule has 1 atom stereocenters. The lowest BCUT2D eigenvalue weighted by Crippen LogP contribution is -2.38. The highest BCUT2D eigenvalue weighted by molar-refractivity contribution is 7.00. The van der Waals surface area contributed by atoms with Gasteiger partial charge in [-0.15, -0.1) is 0 Å². The fraction of sp³-hybridized carbons (Fsp3) is 0.200. The summed E-state index contributed by atoms with van der Waals surface area (Å²) in [5.41, 5.74) is 0.922. The van der Waals surface area contributed by atoms with Crippen molar-refractivity contribution in [1.82, 2.24) is 14.1 Å². The number of amides is 2. The number of carboxylic acid groups (broad SMARTS) is 1. The Morgan fingerprint density at radius 2 is 1.95 bits per heavy atom. The number of aliphatic hydroxyl groups excluding tert-OH is 1. The summed E-state index contributed by atoms with van der Waals surface area (Å²) in [7, 11) is 0. The highest BCUT2D eigenvalue weighted by atomic mass is 35.5. The third kappa shape index (κ3) is 3.50. The fourth-order valence-corrected chi connectivity index (χ4v) is 2.59. The van der Waals surface area contributed by atoms with Crippen LogP contribution in [0.4, 0.5) is 10.5 Å². The molecule has 0 spiro atoms. The van der Waals surface area contributed by atoms with Crippen LogP contribution in [0.3, 0.4) is 0 Å². The molecular formula is C10H8Cl2N4O4S. The largest absolute Gasteiger partial charge is 0.479 e. The number of aromatic nitrogens is 2. The van der Waals surface area contributed by atoms with Gasteiger partial charge in [0.2, 0.25) is 0 Å². The number of urea groups is 1. The molecule has 0 fully saturated rings. The van der Waals surface area contributed by atoms with E-state index in [1.165, 1.54) is 6.07 Å². The molecule has 0 saturated heterocycles. The second kappa shape index (κ2) is 6.39. The monoisotopic (exact) mass is 350 g/mol. The number of nitrogens with zero attached hydrogens (tertiary/aromatic N) is 2. The number of nitrogens with one attached hydrogen (secondary N) is 2. The molecule has 1 aromatic heterocycles. The maximum atomic E-state index is 11.7. The highest BCUT2D eigenvalue weighted by Crippen LogP contribution is 2.35. The number of hydrogen-bond donors (Lipinski definition) is 4. The van der Waals surface area contributed by atoms with Crippen LogP contribution in [0.25, 0.3) is 11.0 Å². The zero-order chi connectivity index (χ0) is 15.6. The van der Waals surface area contributed by atoms with Crippen LogP contribution in [-0.4, -0.2) is 43.6 Å². The Morgan fingerprint density at radius 1 is 1.29 bits per heavy atom. The van der Waals surface area contributed by atoms with Crippen molar-refractivity contribution in [3.05, 3.63) is 16.1 Å². The normalized spacial score (nSPS) is 12.1. The van der Waals surface area contributed by atoms with E-state index in [4.69, 9.17) is 33.4 Å². The summed E-state index contributed by atoms with van der Waals surface area (Å²) in [4.78, 5) is 22.1. The fourth-order valence-electron chi connectivity index (χ4n) is 1.43. The van der Waals surface area contributed by atoms with E-state index < -0.39 is 24.6 Å². The molecule has 8 nitrogen and oxygen atoms in total. The molecule has 2 aromatic rings. The number of benzene rings is 1. The van der Waals surface area contributed by atoms with Gasteiger partial charge in [-0.25, -0.2) is 9.59 Å². The van der Waals surface area contributed by atoms with Crippen LogP contribution in [0.5, 0.6) is 0 Å². The van der Waals surface area contributed by atoms with Crippen LogP contribution in [0, 0.1) is 0 Å². The third-order valence-electron chi connectivity index (χ3n) is 2.42. The predicted octanol–water partition coefficient (Wildman–Crippen LogP) is 1.57. The average Bonchev–Trinajstić information content (AvgIpc) is 2.90. The van der Waals surface area contributed by atoms with Gasteiger partial charge in [-0.1, -0.05) is 23.2 Å². The topological polar surface area (TPSA) is 124 Å². The van der Waals surface area contributed by atoms with Crippen LogP contribution in [0.1, 0.15) is 0 Å². The Bertz CT molecular complexity index is 708. The van der Waals surface area contributed by atoms with Crippen molar-refractivity contribution < 1.29 is 19.8 Å². The number of carbonyl (C=O) groups is 2. The molecule has 0 bridgehead atoms. The minimum atomic E-state index is -1.70. The van der Waals surface area contributed by atoms with Crippen molar-refractivity contribution >= 4 is 63.7 Å². The summed E-state index contributed by atoms with van der Waals surface area (Å²) in [6.07, 6.45) is -1.70. The molecule has 0 aliphatic heterocycles. The van der Waals surface area contributed by atoms with E-state index in [-0.39, 0.29) is 10.7 Å². The van der Waals surface area contributed by atoms with E-state index in [2.05, 4.69) is 19.4 Å². The Kier molecular flexibility index (Phi) is 4.78. The first-order valence-corrected chi connectivity index (χ1v) is 6.94. The zero-order valence-corrected chi connectivity index (χ0v) is 12.5. The standard InChI is InChI=1S/C10H8Cl2N4O4S/c11-3-1-4(12)7-8(16-21-15-7)6(3)14-10(20)13-2-5(17)9(18)19/h1,5,17H,2H2,(H,18,19)(H2,13,14,20). The molecule has 1 heterocycles. The maximum absolute atomic E-state index is 11.7. The number of aliphatic hydroxyl groups is 1. The van der Waals surface area contributed by atoms with Crippen LogP contribution < -0.4 is 10.6 Å². The van der Waals surface area contributed by atoms with Gasteiger partial charge in [0, 0.05) is 0 Å². The number of halogens is 2. The van der Waals surface area contributed by atoms with E-state index in [1.54, 1.807) is 0 Å². The summed E-state index contributed by atoms with van der Waals surface area (Å²) in [6, 6.07) is 0.669. The quantitative estimate of drug-likeness (QED) is 0.663. The van der Waals surface area contributed by atoms with Crippen LogP contribution >= 0.6 is 34.9 Å². The molecule has 4 N–H and O–H groups in total. The first-order chi connectivity index (χ1) is 9.90. The molecular weight excluding hydrogens is 343 g/mol. The second-order valence-corrected chi connectivity index (χ2v) is 5.21. The number of anilines is 1. The molecule has 11 heteroatoms. The lowest BCUT2D eigenvalue weighted by Gasteiger charge is -2.11. The first-order valence-electron chi connectivity index (χ1n) is 5.46. The smallest absolute Gasteiger partial charge is 0.334 e. The van der Waals surface area contributed by atoms with Gasteiger partial charge in [0.15, 0.2) is 6.10 Å². The van der Waals surface area contributed by atoms with Gasteiger partial charge >= 0.3 is 12.0 Å². The third-order valence-corrected chi connectivity index (χ3v) is 3.54. The van der Waals surface area contributed by atoms with E-state index in [0.29, 0.717) is 16.1 Å². The first kappa shape index (κ1) is 15.7. The maximum Gasteiger partial charge on any atom is 0.334 e. The molecule has 0 radical (unpaired) electrons. The molecule has 0 saturated carbocycles. The number of carboxylic acids is 1. The Balaban J connectivity index is 2.14. The summed E-state index contributed by atoms with van der Waals surface area (Å²) >= 11 is 12.8. The molecule has 0 aliphatic rings. The highest BCUT2D eigenvalue weighted by Gasteiger charge is 2.18. The summed E-state index contributed by atoms with van der Waals surface area (Å²) in [6.45, 7) is -0.454. The van der Waals surface area contributed by atoms with E-state index in [9.17, 15) is 9.59 Å². The zero-order valence-electron chi connectivity index (χ0n) is 10.1. The summed E-state index contributed by atoms with van der Waals surface area (Å²) < 4.78 is 7.97. The molecule has 21 heavy (non-hydrogen) atoms. The van der Waals surface area contributed by atoms with Gasteiger partial charge in [-0.3, -0.25) is 0 Å². The Morgan fingerprint density at radius 3 is 2.62 bits per heavy atom. The number of fused-ring (bicyclic) bond motifs is 1. The number of aliphatic carboxylic acids is 1. The van der Waals surface area contributed by atoms with Crippen LogP contribution in [0.2, 0.25) is 10.0 Å². The van der Waals surface area contributed by atoms with Gasteiger partial charge in [0.1, 0.15) is 11.0 Å². The predicted molar refractivity (Wildman–Crippen MR) is 78.1 cm³/mol. The summed E-state index contributed by atoms with van der Waals surface area (Å²) in [5, 5.41) is 22.6. The molecule has 2 rings (SSSR count). The second-order valence-electron chi connectivity index (χ2n) is 3.87. The van der Waals surface area contributed by atoms with Gasteiger partial charge in [-0.2, -0.15) is 8.75 Å². The van der Waals surface area contributed by atoms with Crippen LogP contribution in [-0.2, 0) is 4.79 Å². The van der Waals surface area contributed by atoms with Crippen molar-refractivity contribution in [2.45, 2.75) is 6.10 Å². The van der Waals surface area contributed by atoms with Crippen LogP contribution in [0.15, 0.2) is 6.07 Å². The average molecular weight is 351 g/mol. The number of hydrogen-bond acceptors (Lipinski definition) is 6. The number of rotatable bonds is 4. The lowest BCUT2D eigenvalue weighted by atomic mass is 10.2. The molecule has 112 valence electrons. The van der Waals surface area contributed by atoms with Gasteiger partial charge in [0.05, 0.1) is 34.0 Å². The van der Waals surface area contributed by atoms with Crippen molar-refractivity contribution in [3.8, 4) is 0 Å². The van der Waals surface area contributed by atoms with E-state index >= 15 is 0 Å². The Labute approximate surface area is 132 Å². The SMILES string of the molecule is O=C(NCC(O)C(=O)O)Nc1c(Cl)cc(Cl)c2nsnc12. The van der Waals surface area contributed by atoms with E-state index in [1.807, 2.05) is 0 Å². The number of carbonyl (C=O) groups excluding carboxylic acids is 1. The van der Waals surface area contributed by atoms with Crippen molar-refractivity contribution in [3.63, 3.8) is 0 Å². The van der Waals surface area contributed by atoms with Gasteiger partial charge < -0.3 is 20.8 Å². The van der Waals surface area contributed by atoms with Crippen molar-refractivity contribution in [1.29, 1.82) is 0 Å². The van der Waals surface area contributed by atoms with Crippen molar-refractivity contribution in [2.75, 3.05) is 11.9 Å². The molecule has 1 aromatic carbocycles. The molecule has 1 unspecified atom stereocenters. The minimum Gasteiger partial charge on any atom is -0.479 e. The molecule has 2 amide bonds. The van der Waals surface area contributed by atoms with Gasteiger partial charge in [-0.05, 0) is 6.07 Å². The van der Waals surface area contributed by atoms with Gasteiger partial charge in [0.25, 0.3) is 0 Å². The van der Waals surface area contributed by atoms with E-state index in [0.717, 1.165) is 11.7 Å². The molecule has 0 aliphatic carbocycles. The summed E-state index contributed by atoms with van der Waals surface area (Å²) in [5.74, 6) is -1.44. The van der Waals surface area contributed by atoms with Crippen molar-refractivity contribution in [2.24, 2.45) is 0 Å².